The Morgan fingerprint density at radius 3 is 2.50 bits per heavy atom. The van der Waals surface area contributed by atoms with E-state index in [4.69, 9.17) is 9.47 Å². The lowest BCUT2D eigenvalue weighted by Crippen LogP contribution is -2.46. The molecular formula is C22H29N5O3. The van der Waals surface area contributed by atoms with Crippen LogP contribution in [0.3, 0.4) is 0 Å². The highest BCUT2D eigenvalue weighted by Crippen LogP contribution is 2.33. The fourth-order valence-corrected chi connectivity index (χ4v) is 3.95. The van der Waals surface area contributed by atoms with E-state index in [0.717, 1.165) is 43.8 Å². The van der Waals surface area contributed by atoms with Crippen molar-refractivity contribution in [3.63, 3.8) is 0 Å². The zero-order valence-corrected chi connectivity index (χ0v) is 17.7. The summed E-state index contributed by atoms with van der Waals surface area (Å²) >= 11 is 0. The first-order chi connectivity index (χ1) is 14.5. The molecule has 2 saturated heterocycles. The van der Waals surface area contributed by atoms with Gasteiger partial charge < -0.3 is 19.3 Å². The maximum Gasteiger partial charge on any atom is 0.410 e. The van der Waals surface area contributed by atoms with Crippen LogP contribution in [-0.2, 0) is 11.3 Å². The van der Waals surface area contributed by atoms with E-state index < -0.39 is 0 Å². The van der Waals surface area contributed by atoms with Gasteiger partial charge in [0.2, 0.25) is 5.95 Å². The van der Waals surface area contributed by atoms with Gasteiger partial charge in [0, 0.05) is 64.5 Å². The third-order valence-corrected chi connectivity index (χ3v) is 5.68. The highest BCUT2D eigenvalue weighted by molar-refractivity contribution is 5.70. The molecule has 0 bridgehead atoms. The maximum atomic E-state index is 12.4. The number of amides is 1. The van der Waals surface area contributed by atoms with E-state index in [-0.39, 0.29) is 11.7 Å². The Labute approximate surface area is 177 Å². The zero-order valence-electron chi connectivity index (χ0n) is 17.7. The molecule has 0 saturated carbocycles. The second-order valence-electron chi connectivity index (χ2n) is 8.20. The number of aromatic nitrogens is 2. The van der Waals surface area contributed by atoms with E-state index >= 15 is 0 Å². The minimum atomic E-state index is -0.369. The molecule has 160 valence electrons. The van der Waals surface area contributed by atoms with E-state index in [1.807, 2.05) is 61.7 Å². The number of hydrogen-bond donors (Lipinski definition) is 0. The largest absolute Gasteiger partial charge is 0.492 e. The Balaban J connectivity index is 1.24. The van der Waals surface area contributed by atoms with Crippen LogP contribution in [0, 0.1) is 0 Å². The molecule has 8 heteroatoms. The molecular weight excluding hydrogens is 382 g/mol. The van der Waals surface area contributed by atoms with Crippen LogP contribution >= 0.6 is 0 Å². The van der Waals surface area contributed by atoms with Gasteiger partial charge in [-0.05, 0) is 12.1 Å². The van der Waals surface area contributed by atoms with Crippen molar-refractivity contribution in [2.75, 3.05) is 51.8 Å². The molecule has 8 nitrogen and oxygen atoms in total. The van der Waals surface area contributed by atoms with Crippen molar-refractivity contribution in [1.82, 2.24) is 19.8 Å². The molecule has 1 aromatic heterocycles. The predicted molar refractivity (Wildman–Crippen MR) is 114 cm³/mol. The number of benzene rings is 1. The van der Waals surface area contributed by atoms with E-state index in [9.17, 15) is 4.79 Å². The Hall–Kier alpha value is -2.87. The molecule has 0 radical (unpaired) electrons. The van der Waals surface area contributed by atoms with E-state index in [0.29, 0.717) is 25.6 Å². The first-order valence-electron chi connectivity index (χ1n) is 10.4. The van der Waals surface area contributed by atoms with Crippen LogP contribution in [0.2, 0.25) is 0 Å². The van der Waals surface area contributed by atoms with Crippen LogP contribution in [0.4, 0.5) is 10.7 Å². The summed E-state index contributed by atoms with van der Waals surface area (Å²) in [5, 5.41) is 0. The minimum absolute atomic E-state index is 0.229. The number of carbonyl (C=O) groups is 1. The van der Waals surface area contributed by atoms with Gasteiger partial charge in [0.1, 0.15) is 18.0 Å². The average molecular weight is 412 g/mol. The highest BCUT2D eigenvalue weighted by atomic mass is 16.6. The van der Waals surface area contributed by atoms with Crippen molar-refractivity contribution in [2.45, 2.75) is 25.0 Å². The molecule has 1 spiro atoms. The molecule has 3 heterocycles. The summed E-state index contributed by atoms with van der Waals surface area (Å²) in [4.78, 5) is 27.2. The molecule has 1 amide bonds. The molecule has 4 rings (SSSR count). The maximum absolute atomic E-state index is 12.4. The number of piperidine rings is 1. The number of para-hydroxylation sites is 1. The molecule has 0 aliphatic carbocycles. The Bertz CT molecular complexity index is 836. The molecule has 1 aromatic carbocycles. The number of likely N-dealkylation sites (tertiary alicyclic amines) is 1. The Morgan fingerprint density at radius 1 is 1.13 bits per heavy atom. The third kappa shape index (κ3) is 4.81. The Morgan fingerprint density at radius 2 is 1.83 bits per heavy atom. The van der Waals surface area contributed by atoms with E-state index in [2.05, 4.69) is 14.9 Å². The summed E-state index contributed by atoms with van der Waals surface area (Å²) in [7, 11) is 3.86. The van der Waals surface area contributed by atoms with Gasteiger partial charge in [-0.25, -0.2) is 14.8 Å². The zero-order chi connectivity index (χ0) is 21.0. The number of hydrogen-bond acceptors (Lipinski definition) is 7. The van der Waals surface area contributed by atoms with Crippen molar-refractivity contribution < 1.29 is 14.3 Å². The lowest BCUT2D eigenvalue weighted by Gasteiger charge is -2.37. The minimum Gasteiger partial charge on any atom is -0.492 e. The average Bonchev–Trinajstić information content (AvgIpc) is 3.06. The topological polar surface area (TPSA) is 71.0 Å². The second kappa shape index (κ2) is 8.87. The van der Waals surface area contributed by atoms with Gasteiger partial charge in [0.15, 0.2) is 0 Å². The molecule has 2 aliphatic heterocycles. The lowest BCUT2D eigenvalue weighted by atomic mass is 9.91. The molecule has 2 aliphatic rings. The molecule has 30 heavy (non-hydrogen) atoms. The van der Waals surface area contributed by atoms with Crippen molar-refractivity contribution in [1.29, 1.82) is 0 Å². The molecule has 2 fully saturated rings. The first kappa shape index (κ1) is 20.4. The lowest BCUT2D eigenvalue weighted by molar-refractivity contribution is -0.00128. The van der Waals surface area contributed by atoms with Crippen LogP contribution in [-0.4, -0.2) is 78.3 Å². The standard InChI is InChI=1S/C22H29N5O3/c1-25(2)20-23-14-18(15-24-20)16-26-10-8-22(9-11-26)17-27(21(28)30-22)12-13-29-19-6-4-3-5-7-19/h3-7,14-15H,8-13,16-17H2,1-2H3. The number of nitrogens with zero attached hydrogens (tertiary/aromatic N) is 5. The van der Waals surface area contributed by atoms with E-state index in [1.54, 1.807) is 4.90 Å². The fourth-order valence-electron chi connectivity index (χ4n) is 3.95. The monoisotopic (exact) mass is 411 g/mol. The van der Waals surface area contributed by atoms with Crippen LogP contribution in [0.5, 0.6) is 5.75 Å². The van der Waals surface area contributed by atoms with Gasteiger partial charge >= 0.3 is 6.09 Å². The number of carbonyl (C=O) groups excluding carboxylic acids is 1. The molecule has 2 aromatic rings. The molecule has 0 atom stereocenters. The van der Waals surface area contributed by atoms with Crippen molar-refractivity contribution >= 4 is 12.0 Å². The summed E-state index contributed by atoms with van der Waals surface area (Å²) in [5.41, 5.74) is 0.727. The highest BCUT2D eigenvalue weighted by Gasteiger charge is 2.46. The summed E-state index contributed by atoms with van der Waals surface area (Å²) in [6.07, 6.45) is 5.22. The van der Waals surface area contributed by atoms with Crippen LogP contribution in [0.25, 0.3) is 0 Å². The van der Waals surface area contributed by atoms with Gasteiger partial charge in [-0.2, -0.15) is 0 Å². The van der Waals surface area contributed by atoms with Crippen molar-refractivity contribution in [2.24, 2.45) is 0 Å². The SMILES string of the molecule is CN(C)c1ncc(CN2CCC3(CC2)CN(CCOc2ccccc2)C(=O)O3)cn1. The smallest absolute Gasteiger partial charge is 0.410 e. The quantitative estimate of drug-likeness (QED) is 0.693. The summed E-state index contributed by atoms with van der Waals surface area (Å²) in [5.74, 6) is 1.53. The van der Waals surface area contributed by atoms with Gasteiger partial charge in [-0.1, -0.05) is 18.2 Å². The van der Waals surface area contributed by atoms with Crippen LogP contribution in [0.1, 0.15) is 18.4 Å². The molecule has 0 unspecified atom stereocenters. The fraction of sp³-hybridized carbons (Fsp3) is 0.500. The van der Waals surface area contributed by atoms with E-state index in [1.165, 1.54) is 0 Å². The van der Waals surface area contributed by atoms with Gasteiger partial charge in [0.25, 0.3) is 0 Å². The second-order valence-corrected chi connectivity index (χ2v) is 8.20. The van der Waals surface area contributed by atoms with Crippen molar-refractivity contribution in [3.05, 3.63) is 48.3 Å². The third-order valence-electron chi connectivity index (χ3n) is 5.68. The van der Waals surface area contributed by atoms with Crippen LogP contribution in [0.15, 0.2) is 42.7 Å². The molecule has 0 N–H and O–H groups in total. The van der Waals surface area contributed by atoms with Crippen molar-refractivity contribution in [3.8, 4) is 5.75 Å². The predicted octanol–water partition coefficient (Wildman–Crippen LogP) is 2.41. The Kier molecular flexibility index (Phi) is 6.03. The summed E-state index contributed by atoms with van der Waals surface area (Å²) in [6.45, 7) is 4.22. The number of anilines is 1. The summed E-state index contributed by atoms with van der Waals surface area (Å²) < 4.78 is 11.5. The first-order valence-corrected chi connectivity index (χ1v) is 10.4. The number of rotatable bonds is 7. The van der Waals surface area contributed by atoms with Gasteiger partial charge in [-0.15, -0.1) is 0 Å². The van der Waals surface area contributed by atoms with Gasteiger partial charge in [-0.3, -0.25) is 4.90 Å². The van der Waals surface area contributed by atoms with Gasteiger partial charge in [0.05, 0.1) is 13.1 Å². The number of ether oxygens (including phenoxy) is 2. The normalized spacial score (nSPS) is 18.5. The summed E-state index contributed by atoms with van der Waals surface area (Å²) in [6, 6.07) is 9.65. The van der Waals surface area contributed by atoms with Crippen LogP contribution < -0.4 is 9.64 Å².